The summed E-state index contributed by atoms with van der Waals surface area (Å²) in [6.45, 7) is 10.0. The first kappa shape index (κ1) is 22.8. The third kappa shape index (κ3) is 5.35. The summed E-state index contributed by atoms with van der Waals surface area (Å²) < 4.78 is 5.23. The van der Waals surface area contributed by atoms with Crippen LogP contribution in [0.5, 0.6) is 0 Å². The van der Waals surface area contributed by atoms with E-state index < -0.39 is 0 Å². The van der Waals surface area contributed by atoms with Crippen molar-refractivity contribution in [2.45, 2.75) is 59.3 Å². The van der Waals surface area contributed by atoms with E-state index >= 15 is 0 Å². The van der Waals surface area contributed by atoms with Crippen LogP contribution in [-0.4, -0.2) is 26.8 Å². The SMILES string of the molecule is Cc1cc(-c2ccnc(NC(=O)[C@@H]3C[C@H]3C)c2)ccc1CCC(=O)c1noc(C(C)(C)C)n1. The van der Waals surface area contributed by atoms with Crippen LogP contribution in [-0.2, 0) is 16.6 Å². The molecule has 172 valence electrons. The van der Waals surface area contributed by atoms with Crippen molar-refractivity contribution in [1.29, 1.82) is 0 Å². The molecule has 33 heavy (non-hydrogen) atoms. The van der Waals surface area contributed by atoms with Crippen LogP contribution in [0.25, 0.3) is 11.1 Å². The van der Waals surface area contributed by atoms with Crippen molar-refractivity contribution in [2.75, 3.05) is 5.32 Å². The van der Waals surface area contributed by atoms with Crippen molar-refractivity contribution in [3.63, 3.8) is 0 Å². The number of amides is 1. The maximum Gasteiger partial charge on any atom is 0.238 e. The fraction of sp³-hybridized carbons (Fsp3) is 0.423. The first-order valence-corrected chi connectivity index (χ1v) is 11.4. The lowest BCUT2D eigenvalue weighted by Gasteiger charge is -2.10. The highest BCUT2D eigenvalue weighted by atomic mass is 16.5. The van der Waals surface area contributed by atoms with Gasteiger partial charge in [-0.2, -0.15) is 4.98 Å². The minimum atomic E-state index is -0.288. The predicted octanol–water partition coefficient (Wildman–Crippen LogP) is 5.15. The number of nitrogens with zero attached hydrogens (tertiary/aromatic N) is 3. The molecule has 3 aromatic rings. The summed E-state index contributed by atoms with van der Waals surface area (Å²) in [5.74, 6) is 1.64. The van der Waals surface area contributed by atoms with Crippen molar-refractivity contribution in [3.8, 4) is 11.1 Å². The summed E-state index contributed by atoms with van der Waals surface area (Å²) in [4.78, 5) is 33.3. The predicted molar refractivity (Wildman–Crippen MR) is 126 cm³/mol. The summed E-state index contributed by atoms with van der Waals surface area (Å²) in [6, 6.07) is 9.99. The Morgan fingerprint density at radius 1 is 1.15 bits per heavy atom. The van der Waals surface area contributed by atoms with Gasteiger partial charge in [0.2, 0.25) is 23.4 Å². The van der Waals surface area contributed by atoms with E-state index in [0.717, 1.165) is 28.7 Å². The summed E-state index contributed by atoms with van der Waals surface area (Å²) in [6.07, 6.45) is 3.56. The van der Waals surface area contributed by atoms with Crippen LogP contribution in [0.1, 0.15) is 68.2 Å². The Kier molecular flexibility index (Phi) is 6.15. The van der Waals surface area contributed by atoms with E-state index in [4.69, 9.17) is 4.52 Å². The second-order valence-electron chi connectivity index (χ2n) is 9.98. The highest BCUT2D eigenvalue weighted by Crippen LogP contribution is 2.38. The number of pyridine rings is 1. The molecule has 2 heterocycles. The fourth-order valence-electron chi connectivity index (χ4n) is 3.74. The number of anilines is 1. The van der Waals surface area contributed by atoms with Crippen molar-refractivity contribution in [3.05, 3.63) is 59.4 Å². The zero-order valence-corrected chi connectivity index (χ0v) is 19.8. The number of ketones is 1. The fourth-order valence-corrected chi connectivity index (χ4v) is 3.74. The third-order valence-corrected chi connectivity index (χ3v) is 6.07. The molecule has 0 aliphatic heterocycles. The van der Waals surface area contributed by atoms with E-state index in [1.54, 1.807) is 6.20 Å². The van der Waals surface area contributed by atoms with Gasteiger partial charge in [-0.05, 0) is 60.1 Å². The molecule has 0 bridgehead atoms. The molecule has 7 heteroatoms. The second-order valence-corrected chi connectivity index (χ2v) is 9.98. The Labute approximate surface area is 194 Å². The van der Waals surface area contributed by atoms with Crippen LogP contribution in [0, 0.1) is 18.8 Å². The standard InChI is InChI=1S/C26H30N4O3/c1-15-12-18(19-10-11-27-22(14-19)28-24(32)20-13-16(20)2)7-6-17(15)8-9-21(31)23-29-25(33-30-23)26(3,4)5/h6-7,10-12,14,16,20H,8-9,13H2,1-5H3,(H,27,28,32)/t16-,20-/m1/s1. The van der Waals surface area contributed by atoms with Gasteiger partial charge >= 0.3 is 0 Å². The summed E-state index contributed by atoms with van der Waals surface area (Å²) >= 11 is 0. The Morgan fingerprint density at radius 3 is 2.52 bits per heavy atom. The molecule has 1 saturated carbocycles. The van der Waals surface area contributed by atoms with Gasteiger partial charge in [-0.25, -0.2) is 4.98 Å². The summed E-state index contributed by atoms with van der Waals surface area (Å²) in [5, 5.41) is 6.77. The maximum atomic E-state index is 12.5. The molecule has 1 aromatic carbocycles. The Hall–Kier alpha value is -3.35. The van der Waals surface area contributed by atoms with E-state index in [0.29, 0.717) is 30.5 Å². The van der Waals surface area contributed by atoms with Gasteiger partial charge in [0.05, 0.1) is 0 Å². The van der Waals surface area contributed by atoms with Crippen molar-refractivity contribution in [2.24, 2.45) is 11.8 Å². The molecule has 4 rings (SSSR count). The normalized spacial score (nSPS) is 17.6. The molecule has 0 saturated heterocycles. The second kappa shape index (κ2) is 8.89. The Morgan fingerprint density at radius 2 is 1.88 bits per heavy atom. The van der Waals surface area contributed by atoms with Crippen LogP contribution in [0.4, 0.5) is 5.82 Å². The first-order valence-electron chi connectivity index (χ1n) is 11.4. The van der Waals surface area contributed by atoms with Crippen LogP contribution in [0.15, 0.2) is 41.1 Å². The molecule has 1 aliphatic rings. The average Bonchev–Trinajstić information content (AvgIpc) is 3.28. The Balaban J connectivity index is 1.41. The molecule has 2 atom stereocenters. The molecule has 0 radical (unpaired) electrons. The smallest absolute Gasteiger partial charge is 0.238 e. The Bertz CT molecular complexity index is 1190. The van der Waals surface area contributed by atoms with Crippen molar-refractivity contribution >= 4 is 17.5 Å². The number of hydrogen-bond donors (Lipinski definition) is 1. The van der Waals surface area contributed by atoms with E-state index in [2.05, 4.69) is 33.4 Å². The molecule has 1 amide bonds. The van der Waals surface area contributed by atoms with Crippen LogP contribution in [0.3, 0.4) is 0 Å². The number of aryl methyl sites for hydroxylation is 2. The molecule has 2 aromatic heterocycles. The number of carbonyl (C=O) groups excluding carboxylic acids is 2. The van der Waals surface area contributed by atoms with Gasteiger partial charge in [-0.3, -0.25) is 9.59 Å². The van der Waals surface area contributed by atoms with E-state index in [9.17, 15) is 9.59 Å². The number of Topliss-reactive ketones (excluding diaryl/α,β-unsaturated/α-hetero) is 1. The number of rotatable bonds is 7. The van der Waals surface area contributed by atoms with Gasteiger partial charge in [0, 0.05) is 24.0 Å². The zero-order valence-electron chi connectivity index (χ0n) is 19.8. The number of hydrogen-bond acceptors (Lipinski definition) is 6. The van der Waals surface area contributed by atoms with Gasteiger partial charge in [-0.15, -0.1) is 0 Å². The van der Waals surface area contributed by atoms with Gasteiger partial charge in [0.15, 0.2) is 0 Å². The summed E-state index contributed by atoms with van der Waals surface area (Å²) in [7, 11) is 0. The topological polar surface area (TPSA) is 98.0 Å². The number of nitrogens with one attached hydrogen (secondary N) is 1. The minimum absolute atomic E-state index is 0.0413. The third-order valence-electron chi connectivity index (χ3n) is 6.07. The highest BCUT2D eigenvalue weighted by Gasteiger charge is 2.39. The molecule has 1 aliphatic carbocycles. The van der Waals surface area contributed by atoms with Gasteiger partial charge in [0.1, 0.15) is 5.82 Å². The molecular formula is C26H30N4O3. The van der Waals surface area contributed by atoms with Crippen molar-refractivity contribution < 1.29 is 14.1 Å². The quantitative estimate of drug-likeness (QED) is 0.504. The molecule has 0 spiro atoms. The number of carbonyl (C=O) groups is 2. The van der Waals surface area contributed by atoms with Crippen LogP contribution >= 0.6 is 0 Å². The molecule has 0 unspecified atom stereocenters. The molecule has 1 fully saturated rings. The maximum absolute atomic E-state index is 12.5. The first-order chi connectivity index (χ1) is 15.6. The van der Waals surface area contributed by atoms with Gasteiger partial charge < -0.3 is 9.84 Å². The monoisotopic (exact) mass is 446 g/mol. The van der Waals surface area contributed by atoms with Crippen LogP contribution < -0.4 is 5.32 Å². The van der Waals surface area contributed by atoms with E-state index in [-0.39, 0.29) is 28.8 Å². The zero-order chi connectivity index (χ0) is 23.8. The van der Waals surface area contributed by atoms with E-state index in [1.165, 1.54) is 0 Å². The lowest BCUT2D eigenvalue weighted by atomic mass is 9.96. The van der Waals surface area contributed by atoms with Gasteiger partial charge in [-0.1, -0.05) is 51.1 Å². The minimum Gasteiger partial charge on any atom is -0.338 e. The molecule has 1 N–H and O–H groups in total. The lowest BCUT2D eigenvalue weighted by molar-refractivity contribution is -0.117. The average molecular weight is 447 g/mol. The number of aromatic nitrogens is 3. The van der Waals surface area contributed by atoms with Crippen LogP contribution in [0.2, 0.25) is 0 Å². The lowest BCUT2D eigenvalue weighted by Crippen LogP contribution is -2.15. The van der Waals surface area contributed by atoms with E-state index in [1.807, 2.05) is 52.0 Å². The molecular weight excluding hydrogens is 416 g/mol. The van der Waals surface area contributed by atoms with Crippen molar-refractivity contribution in [1.82, 2.24) is 15.1 Å². The molecule has 7 nitrogen and oxygen atoms in total. The highest BCUT2D eigenvalue weighted by molar-refractivity contribution is 5.94. The summed E-state index contributed by atoms with van der Waals surface area (Å²) in [5.41, 5.74) is 3.92. The largest absolute Gasteiger partial charge is 0.338 e. The van der Waals surface area contributed by atoms with Gasteiger partial charge in [0.25, 0.3) is 0 Å². The number of benzene rings is 1.